The number of hydrogen-bond donors (Lipinski definition) is 1. The zero-order chi connectivity index (χ0) is 13.5. The average molecular weight is 273 g/mol. The van der Waals surface area contributed by atoms with Crippen LogP contribution < -0.4 is 5.32 Å². The van der Waals surface area contributed by atoms with Crippen molar-refractivity contribution in [1.82, 2.24) is 5.32 Å². The summed E-state index contributed by atoms with van der Waals surface area (Å²) < 4.78 is 27.0. The molecule has 0 bridgehead atoms. The van der Waals surface area contributed by atoms with E-state index in [-0.39, 0.29) is 11.6 Å². The minimum Gasteiger partial charge on any atom is -0.316 e. The highest BCUT2D eigenvalue weighted by atomic mass is 32.2. The van der Waals surface area contributed by atoms with Gasteiger partial charge in [-0.2, -0.15) is 11.8 Å². The Morgan fingerprint density at radius 2 is 1.78 bits per heavy atom. The summed E-state index contributed by atoms with van der Waals surface area (Å²) in [4.78, 5) is 0. The molecule has 0 heterocycles. The molecule has 0 aliphatic carbocycles. The molecule has 1 aromatic rings. The number of hydrogen-bond acceptors (Lipinski definition) is 2. The van der Waals surface area contributed by atoms with Crippen molar-refractivity contribution in [3.05, 3.63) is 35.4 Å². The van der Waals surface area contributed by atoms with Crippen molar-refractivity contribution in [1.29, 1.82) is 0 Å². The van der Waals surface area contributed by atoms with Crippen molar-refractivity contribution in [2.75, 3.05) is 18.6 Å². The molecule has 1 unspecified atom stereocenters. The largest absolute Gasteiger partial charge is 0.316 e. The van der Waals surface area contributed by atoms with Gasteiger partial charge in [-0.3, -0.25) is 0 Å². The Labute approximate surface area is 112 Å². The maximum absolute atomic E-state index is 13.5. The van der Waals surface area contributed by atoms with Crippen molar-refractivity contribution in [3.8, 4) is 0 Å². The van der Waals surface area contributed by atoms with Gasteiger partial charge in [0.15, 0.2) is 0 Å². The van der Waals surface area contributed by atoms with Crippen LogP contribution >= 0.6 is 11.8 Å². The molecule has 1 nitrogen and oxygen atoms in total. The Bertz CT molecular complexity index is 349. The summed E-state index contributed by atoms with van der Waals surface area (Å²) in [6.07, 6.45) is 0.389. The van der Waals surface area contributed by atoms with Gasteiger partial charge in [0.1, 0.15) is 11.6 Å². The van der Waals surface area contributed by atoms with Crippen LogP contribution in [0.3, 0.4) is 0 Å². The predicted molar refractivity (Wildman–Crippen MR) is 75.1 cm³/mol. The molecule has 0 amide bonds. The van der Waals surface area contributed by atoms with E-state index in [1.54, 1.807) is 0 Å². The van der Waals surface area contributed by atoms with E-state index in [1.807, 2.05) is 18.8 Å². The zero-order valence-corrected chi connectivity index (χ0v) is 12.0. The van der Waals surface area contributed by atoms with E-state index >= 15 is 0 Å². The topological polar surface area (TPSA) is 12.0 Å². The highest BCUT2D eigenvalue weighted by Crippen LogP contribution is 2.17. The second kappa shape index (κ2) is 7.74. The van der Waals surface area contributed by atoms with E-state index in [0.29, 0.717) is 12.3 Å². The first-order valence-corrected chi connectivity index (χ1v) is 7.38. The van der Waals surface area contributed by atoms with Gasteiger partial charge in [0, 0.05) is 17.4 Å². The highest BCUT2D eigenvalue weighted by molar-refractivity contribution is 7.99. The second-order valence-electron chi connectivity index (χ2n) is 4.82. The van der Waals surface area contributed by atoms with Crippen LogP contribution in [0, 0.1) is 17.6 Å². The molecule has 1 aromatic carbocycles. The third kappa shape index (κ3) is 4.94. The maximum atomic E-state index is 13.5. The number of rotatable bonds is 7. The van der Waals surface area contributed by atoms with Gasteiger partial charge in [-0.25, -0.2) is 8.78 Å². The first-order valence-electron chi connectivity index (χ1n) is 6.22. The lowest BCUT2D eigenvalue weighted by Crippen LogP contribution is -2.31. The zero-order valence-electron chi connectivity index (χ0n) is 11.2. The molecular formula is C14H21F2NS. The summed E-state index contributed by atoms with van der Waals surface area (Å²) in [5.74, 6) is 1.66. The molecule has 0 aliphatic heterocycles. The summed E-state index contributed by atoms with van der Waals surface area (Å²) in [7, 11) is 1.83. The Balaban J connectivity index is 2.57. The number of nitrogens with one attached hydrogen (secondary N) is 1. The van der Waals surface area contributed by atoms with Gasteiger partial charge < -0.3 is 5.32 Å². The van der Waals surface area contributed by atoms with Crippen LogP contribution in [0.15, 0.2) is 18.2 Å². The van der Waals surface area contributed by atoms with Gasteiger partial charge in [-0.05, 0) is 37.3 Å². The molecule has 0 aliphatic rings. The Hall–Kier alpha value is -0.610. The summed E-state index contributed by atoms with van der Waals surface area (Å²) in [5, 5.41) is 3.12. The highest BCUT2D eigenvalue weighted by Gasteiger charge is 2.14. The molecule has 18 heavy (non-hydrogen) atoms. The maximum Gasteiger partial charge on any atom is 0.129 e. The molecule has 0 saturated heterocycles. The monoisotopic (exact) mass is 273 g/mol. The molecule has 102 valence electrons. The fourth-order valence-electron chi connectivity index (χ4n) is 1.66. The molecule has 4 heteroatoms. The van der Waals surface area contributed by atoms with Crippen LogP contribution in [0.1, 0.15) is 19.4 Å². The number of halogens is 2. The Kier molecular flexibility index (Phi) is 6.65. The van der Waals surface area contributed by atoms with Crippen LogP contribution in [-0.2, 0) is 6.42 Å². The average Bonchev–Trinajstić information content (AvgIpc) is 2.31. The summed E-state index contributed by atoms with van der Waals surface area (Å²) >= 11 is 1.82. The normalized spacial score (nSPS) is 13.0. The van der Waals surface area contributed by atoms with Crippen LogP contribution in [0.2, 0.25) is 0 Å². The molecule has 0 spiro atoms. The van der Waals surface area contributed by atoms with Crippen LogP contribution in [0.4, 0.5) is 8.78 Å². The number of benzene rings is 1. The van der Waals surface area contributed by atoms with Gasteiger partial charge in [0.25, 0.3) is 0 Å². The first-order chi connectivity index (χ1) is 8.54. The van der Waals surface area contributed by atoms with Crippen LogP contribution in [-0.4, -0.2) is 24.6 Å². The molecule has 0 radical (unpaired) electrons. The lowest BCUT2D eigenvalue weighted by molar-refractivity contribution is 0.524. The SMILES string of the molecule is CNC(CSCC(C)C)Cc1c(F)cccc1F. The Morgan fingerprint density at radius 1 is 1.17 bits per heavy atom. The van der Waals surface area contributed by atoms with E-state index in [2.05, 4.69) is 19.2 Å². The van der Waals surface area contributed by atoms with E-state index in [4.69, 9.17) is 0 Å². The summed E-state index contributed by atoms with van der Waals surface area (Å²) in [6.45, 7) is 4.33. The second-order valence-corrected chi connectivity index (χ2v) is 5.90. The Morgan fingerprint density at radius 3 is 2.28 bits per heavy atom. The van der Waals surface area contributed by atoms with Crippen molar-refractivity contribution in [3.63, 3.8) is 0 Å². The molecule has 1 N–H and O–H groups in total. The minimum absolute atomic E-state index is 0.0974. The third-order valence-electron chi connectivity index (χ3n) is 2.69. The number of thioether (sulfide) groups is 1. The molecule has 0 fully saturated rings. The van der Waals surface area contributed by atoms with E-state index in [9.17, 15) is 8.78 Å². The van der Waals surface area contributed by atoms with Crippen molar-refractivity contribution in [2.24, 2.45) is 5.92 Å². The quantitative estimate of drug-likeness (QED) is 0.816. The van der Waals surface area contributed by atoms with Crippen molar-refractivity contribution < 1.29 is 8.78 Å². The minimum atomic E-state index is -0.455. The first kappa shape index (κ1) is 15.4. The summed E-state index contributed by atoms with van der Waals surface area (Å²) in [5.41, 5.74) is 0.182. The molecule has 1 atom stereocenters. The van der Waals surface area contributed by atoms with Crippen LogP contribution in [0.25, 0.3) is 0 Å². The predicted octanol–water partition coefficient (Wildman–Crippen LogP) is 3.48. The lowest BCUT2D eigenvalue weighted by atomic mass is 10.1. The molecule has 0 saturated carbocycles. The van der Waals surface area contributed by atoms with Gasteiger partial charge in [0.2, 0.25) is 0 Å². The van der Waals surface area contributed by atoms with Gasteiger partial charge in [0.05, 0.1) is 0 Å². The van der Waals surface area contributed by atoms with Gasteiger partial charge in [-0.1, -0.05) is 19.9 Å². The van der Waals surface area contributed by atoms with E-state index < -0.39 is 11.6 Å². The molecule has 0 aromatic heterocycles. The van der Waals surface area contributed by atoms with E-state index in [0.717, 1.165) is 11.5 Å². The van der Waals surface area contributed by atoms with Crippen molar-refractivity contribution in [2.45, 2.75) is 26.3 Å². The van der Waals surface area contributed by atoms with Gasteiger partial charge in [-0.15, -0.1) is 0 Å². The van der Waals surface area contributed by atoms with Crippen molar-refractivity contribution >= 4 is 11.8 Å². The fraction of sp³-hybridized carbons (Fsp3) is 0.571. The van der Waals surface area contributed by atoms with E-state index in [1.165, 1.54) is 18.2 Å². The van der Waals surface area contributed by atoms with Gasteiger partial charge >= 0.3 is 0 Å². The van der Waals surface area contributed by atoms with Crippen LogP contribution in [0.5, 0.6) is 0 Å². The third-order valence-corrected chi connectivity index (χ3v) is 4.23. The number of likely N-dealkylation sites (N-methyl/N-ethyl adjacent to an activating group) is 1. The smallest absolute Gasteiger partial charge is 0.129 e. The fourth-order valence-corrected chi connectivity index (χ4v) is 2.84. The molecule has 1 rings (SSSR count). The molecular weight excluding hydrogens is 252 g/mol. The standard InChI is InChI=1S/C14H21F2NS/c1-10(2)8-18-9-11(17-3)7-12-13(15)5-4-6-14(12)16/h4-6,10-11,17H,7-9H2,1-3H3. The summed E-state index contributed by atoms with van der Waals surface area (Å²) in [6, 6.07) is 4.12. The lowest BCUT2D eigenvalue weighted by Gasteiger charge is -2.17.